The third kappa shape index (κ3) is 5.57. The summed E-state index contributed by atoms with van der Waals surface area (Å²) < 4.78 is 10.4. The van der Waals surface area contributed by atoms with Gasteiger partial charge < -0.3 is 19.7 Å². The molecule has 2 aromatic rings. The average molecular weight is 384 g/mol. The van der Waals surface area contributed by atoms with Gasteiger partial charge in [-0.1, -0.05) is 42.5 Å². The molecule has 150 valence electrons. The number of nitrogens with one attached hydrogen (secondary N) is 1. The standard InChI is InChI=1S/C22H28N2O4/c1-16(19-10-12-20(28-4)13-11-19)24(17(2)25)21(15-27-3)22(26)23-14-18-8-6-5-7-9-18/h5-13,16,21H,14-15H2,1-4H3,(H,23,26). The summed E-state index contributed by atoms with van der Waals surface area (Å²) in [6, 6.07) is 16.1. The third-order valence-corrected chi connectivity index (χ3v) is 4.65. The van der Waals surface area contributed by atoms with Crippen LogP contribution < -0.4 is 10.1 Å². The van der Waals surface area contributed by atoms with E-state index in [4.69, 9.17) is 9.47 Å². The van der Waals surface area contributed by atoms with E-state index in [1.165, 1.54) is 14.0 Å². The van der Waals surface area contributed by atoms with Crippen molar-refractivity contribution in [2.45, 2.75) is 32.5 Å². The Morgan fingerprint density at radius 3 is 2.21 bits per heavy atom. The van der Waals surface area contributed by atoms with Gasteiger partial charge in [-0.05, 0) is 30.2 Å². The highest BCUT2D eigenvalue weighted by molar-refractivity contribution is 5.87. The predicted molar refractivity (Wildman–Crippen MR) is 108 cm³/mol. The first-order valence-electron chi connectivity index (χ1n) is 9.21. The minimum atomic E-state index is -0.733. The first-order chi connectivity index (χ1) is 13.5. The van der Waals surface area contributed by atoms with E-state index in [-0.39, 0.29) is 24.5 Å². The second-order valence-corrected chi connectivity index (χ2v) is 6.55. The van der Waals surface area contributed by atoms with Crippen LogP contribution >= 0.6 is 0 Å². The summed E-state index contributed by atoms with van der Waals surface area (Å²) in [5, 5.41) is 2.91. The number of rotatable bonds is 9. The second kappa shape index (κ2) is 10.5. The van der Waals surface area contributed by atoms with Crippen LogP contribution in [0.4, 0.5) is 0 Å². The molecule has 2 unspecified atom stereocenters. The van der Waals surface area contributed by atoms with Crippen molar-refractivity contribution >= 4 is 11.8 Å². The molecule has 2 amide bonds. The molecule has 0 saturated carbocycles. The van der Waals surface area contributed by atoms with Crippen LogP contribution in [0.3, 0.4) is 0 Å². The van der Waals surface area contributed by atoms with Gasteiger partial charge in [0.2, 0.25) is 11.8 Å². The minimum absolute atomic E-state index is 0.112. The highest BCUT2D eigenvalue weighted by atomic mass is 16.5. The van der Waals surface area contributed by atoms with Gasteiger partial charge in [-0.2, -0.15) is 0 Å². The fourth-order valence-electron chi connectivity index (χ4n) is 3.15. The zero-order chi connectivity index (χ0) is 20.5. The van der Waals surface area contributed by atoms with E-state index in [9.17, 15) is 9.59 Å². The minimum Gasteiger partial charge on any atom is -0.497 e. The number of nitrogens with zero attached hydrogens (tertiary/aromatic N) is 1. The van der Waals surface area contributed by atoms with Gasteiger partial charge in [-0.15, -0.1) is 0 Å². The predicted octanol–water partition coefficient (Wildman–Crippen LogP) is 2.94. The van der Waals surface area contributed by atoms with Crippen molar-refractivity contribution in [2.24, 2.45) is 0 Å². The van der Waals surface area contributed by atoms with Gasteiger partial charge in [0, 0.05) is 20.6 Å². The van der Waals surface area contributed by atoms with Crippen molar-refractivity contribution in [3.05, 3.63) is 65.7 Å². The summed E-state index contributed by atoms with van der Waals surface area (Å²) in [6.07, 6.45) is 0. The normalized spacial score (nSPS) is 12.7. The van der Waals surface area contributed by atoms with Crippen LogP contribution in [-0.4, -0.2) is 43.6 Å². The molecule has 0 saturated heterocycles. The summed E-state index contributed by atoms with van der Waals surface area (Å²) in [4.78, 5) is 26.9. The molecule has 0 spiro atoms. The van der Waals surface area contributed by atoms with Crippen LogP contribution in [0.5, 0.6) is 5.75 Å². The van der Waals surface area contributed by atoms with Gasteiger partial charge in [-0.3, -0.25) is 9.59 Å². The molecule has 0 bridgehead atoms. The Labute approximate surface area is 166 Å². The van der Waals surface area contributed by atoms with Crippen LogP contribution in [0.25, 0.3) is 0 Å². The number of amides is 2. The second-order valence-electron chi connectivity index (χ2n) is 6.55. The number of carbonyl (C=O) groups is 2. The molecule has 2 atom stereocenters. The first kappa shape index (κ1) is 21.4. The van der Waals surface area contributed by atoms with Gasteiger partial charge in [-0.25, -0.2) is 0 Å². The summed E-state index contributed by atoms with van der Waals surface area (Å²) in [6.45, 7) is 3.87. The lowest BCUT2D eigenvalue weighted by Crippen LogP contribution is -2.52. The van der Waals surface area contributed by atoms with Crippen molar-refractivity contribution < 1.29 is 19.1 Å². The van der Waals surface area contributed by atoms with Crippen LogP contribution in [0.15, 0.2) is 54.6 Å². The van der Waals surface area contributed by atoms with E-state index in [0.717, 1.165) is 16.9 Å². The molecule has 2 rings (SSSR count). The zero-order valence-electron chi connectivity index (χ0n) is 16.8. The lowest BCUT2D eigenvalue weighted by atomic mass is 10.0. The van der Waals surface area contributed by atoms with Gasteiger partial charge in [0.1, 0.15) is 11.8 Å². The number of hydrogen-bond acceptors (Lipinski definition) is 4. The monoisotopic (exact) mass is 384 g/mol. The van der Waals surface area contributed by atoms with Crippen LogP contribution in [0.1, 0.15) is 31.0 Å². The van der Waals surface area contributed by atoms with E-state index in [1.807, 2.05) is 61.5 Å². The van der Waals surface area contributed by atoms with Crippen molar-refractivity contribution in [1.82, 2.24) is 10.2 Å². The molecule has 6 heteroatoms. The van der Waals surface area contributed by atoms with Gasteiger partial charge >= 0.3 is 0 Å². The lowest BCUT2D eigenvalue weighted by Gasteiger charge is -2.35. The topological polar surface area (TPSA) is 67.9 Å². The Morgan fingerprint density at radius 1 is 1.04 bits per heavy atom. The molecule has 0 aromatic heterocycles. The number of benzene rings is 2. The lowest BCUT2D eigenvalue weighted by molar-refractivity contribution is -0.143. The smallest absolute Gasteiger partial charge is 0.245 e. The highest BCUT2D eigenvalue weighted by Gasteiger charge is 2.32. The molecule has 0 aliphatic carbocycles. The molecule has 0 fully saturated rings. The van der Waals surface area contributed by atoms with Gasteiger partial charge in [0.15, 0.2) is 0 Å². The Kier molecular flexibility index (Phi) is 8.02. The maximum absolute atomic E-state index is 12.9. The zero-order valence-corrected chi connectivity index (χ0v) is 16.8. The molecule has 2 aromatic carbocycles. The number of carbonyl (C=O) groups excluding carboxylic acids is 2. The van der Waals surface area contributed by atoms with E-state index in [2.05, 4.69) is 5.32 Å². The molecular formula is C22H28N2O4. The Morgan fingerprint density at radius 2 is 1.68 bits per heavy atom. The van der Waals surface area contributed by atoms with Crippen LogP contribution in [-0.2, 0) is 20.9 Å². The fourth-order valence-corrected chi connectivity index (χ4v) is 3.15. The highest BCUT2D eigenvalue weighted by Crippen LogP contribution is 2.25. The molecule has 6 nitrogen and oxygen atoms in total. The summed E-state index contributed by atoms with van der Waals surface area (Å²) in [5.41, 5.74) is 1.90. The summed E-state index contributed by atoms with van der Waals surface area (Å²) in [5.74, 6) is 0.292. The largest absolute Gasteiger partial charge is 0.497 e. The quantitative estimate of drug-likeness (QED) is 0.722. The van der Waals surface area contributed by atoms with Crippen LogP contribution in [0.2, 0.25) is 0 Å². The third-order valence-electron chi connectivity index (χ3n) is 4.65. The van der Waals surface area contributed by atoms with Crippen molar-refractivity contribution in [1.29, 1.82) is 0 Å². The summed E-state index contributed by atoms with van der Waals surface area (Å²) in [7, 11) is 3.12. The number of ether oxygens (including phenoxy) is 2. The number of hydrogen-bond donors (Lipinski definition) is 1. The van der Waals surface area contributed by atoms with E-state index in [0.29, 0.717) is 6.54 Å². The Balaban J connectivity index is 2.19. The van der Waals surface area contributed by atoms with Gasteiger partial charge in [0.05, 0.1) is 19.8 Å². The molecule has 0 radical (unpaired) electrons. The molecule has 28 heavy (non-hydrogen) atoms. The van der Waals surface area contributed by atoms with E-state index < -0.39 is 6.04 Å². The fraction of sp³-hybridized carbons (Fsp3) is 0.364. The van der Waals surface area contributed by atoms with Gasteiger partial charge in [0.25, 0.3) is 0 Å². The van der Waals surface area contributed by atoms with E-state index in [1.54, 1.807) is 12.0 Å². The van der Waals surface area contributed by atoms with Crippen LogP contribution in [0, 0.1) is 0 Å². The molecule has 0 heterocycles. The first-order valence-corrected chi connectivity index (χ1v) is 9.21. The van der Waals surface area contributed by atoms with Crippen molar-refractivity contribution in [3.8, 4) is 5.75 Å². The molecular weight excluding hydrogens is 356 g/mol. The Bertz CT molecular complexity index is 762. The maximum Gasteiger partial charge on any atom is 0.245 e. The maximum atomic E-state index is 12.9. The Hall–Kier alpha value is -2.86. The van der Waals surface area contributed by atoms with Crippen molar-refractivity contribution in [3.63, 3.8) is 0 Å². The molecule has 1 N–H and O–H groups in total. The van der Waals surface area contributed by atoms with E-state index >= 15 is 0 Å². The molecule has 0 aliphatic rings. The SMILES string of the molecule is COCC(C(=O)NCc1ccccc1)N(C(C)=O)C(C)c1ccc(OC)cc1. The molecule has 0 aliphatic heterocycles. The summed E-state index contributed by atoms with van der Waals surface area (Å²) >= 11 is 0. The number of methoxy groups -OCH3 is 2. The van der Waals surface area contributed by atoms with Crippen molar-refractivity contribution in [2.75, 3.05) is 20.8 Å². The average Bonchev–Trinajstić information content (AvgIpc) is 2.72.